The fraction of sp³-hybridized carbons (Fsp3) is 0.652. The lowest BCUT2D eigenvalue weighted by molar-refractivity contribution is 0.428. The molecule has 0 bridgehead atoms. The molecule has 31 heavy (non-hydrogen) atoms. The van der Waals surface area contributed by atoms with E-state index in [1.54, 1.807) is 6.07 Å². The lowest BCUT2D eigenvalue weighted by Crippen LogP contribution is -2.41. The molecular weight excluding hydrogens is 390 g/mol. The lowest BCUT2D eigenvalue weighted by Gasteiger charge is -2.35. The highest BCUT2D eigenvalue weighted by molar-refractivity contribution is 5.47. The van der Waals surface area contributed by atoms with Gasteiger partial charge in [0.15, 0.2) is 0 Å². The number of aromatic nitrogens is 4. The van der Waals surface area contributed by atoms with Crippen LogP contribution in [0.2, 0.25) is 0 Å². The number of pyridine rings is 1. The standard InChI is InChI=1S/C23H33N7O/c1-17-6-10-27(11-7-17)21-24-22(28-12-8-18(2)9-13-28)26-23(25-21)29-14-15-30-19(16-29)4-3-5-20(30)31/h3-5,17-18H,6-16H2,1-2H3. The predicted molar refractivity (Wildman–Crippen MR) is 123 cm³/mol. The van der Waals surface area contributed by atoms with Gasteiger partial charge >= 0.3 is 0 Å². The molecule has 3 aliphatic heterocycles. The molecule has 5 rings (SSSR count). The zero-order chi connectivity index (χ0) is 21.4. The Morgan fingerprint density at radius 2 is 1.23 bits per heavy atom. The van der Waals surface area contributed by atoms with Gasteiger partial charge in [-0.1, -0.05) is 19.9 Å². The minimum Gasteiger partial charge on any atom is -0.341 e. The van der Waals surface area contributed by atoms with E-state index in [-0.39, 0.29) is 5.56 Å². The first-order valence-corrected chi connectivity index (χ1v) is 11.8. The first-order valence-electron chi connectivity index (χ1n) is 11.8. The Morgan fingerprint density at radius 1 is 0.710 bits per heavy atom. The Kier molecular flexibility index (Phi) is 5.54. The van der Waals surface area contributed by atoms with Gasteiger partial charge in [0.05, 0.1) is 6.54 Å². The van der Waals surface area contributed by atoms with Crippen LogP contribution in [0.5, 0.6) is 0 Å². The van der Waals surface area contributed by atoms with Gasteiger partial charge in [0, 0.05) is 51.0 Å². The van der Waals surface area contributed by atoms with Crippen LogP contribution < -0.4 is 20.3 Å². The van der Waals surface area contributed by atoms with Crippen LogP contribution in [0, 0.1) is 11.8 Å². The van der Waals surface area contributed by atoms with Crippen molar-refractivity contribution in [2.45, 2.75) is 52.6 Å². The average Bonchev–Trinajstić information content (AvgIpc) is 2.80. The molecule has 5 heterocycles. The van der Waals surface area contributed by atoms with Crippen molar-refractivity contribution < 1.29 is 0 Å². The SMILES string of the molecule is CC1CCN(c2nc(N3CCC(C)CC3)nc(N3CCn4c(cccc4=O)C3)n2)CC1. The number of hydrogen-bond donors (Lipinski definition) is 0. The molecule has 166 valence electrons. The fourth-order valence-electron chi connectivity index (χ4n) is 4.81. The molecule has 2 saturated heterocycles. The Morgan fingerprint density at radius 3 is 1.77 bits per heavy atom. The molecule has 8 heteroatoms. The minimum absolute atomic E-state index is 0.0686. The third kappa shape index (κ3) is 4.25. The molecule has 0 saturated carbocycles. The van der Waals surface area contributed by atoms with Gasteiger partial charge in [-0.2, -0.15) is 15.0 Å². The summed E-state index contributed by atoms with van der Waals surface area (Å²) in [6.45, 7) is 10.7. The number of anilines is 3. The van der Waals surface area contributed by atoms with Crippen molar-refractivity contribution in [3.8, 4) is 0 Å². The second-order valence-electron chi connectivity index (χ2n) is 9.50. The van der Waals surface area contributed by atoms with Gasteiger partial charge in [-0.25, -0.2) is 0 Å². The summed E-state index contributed by atoms with van der Waals surface area (Å²) < 4.78 is 1.86. The molecule has 0 radical (unpaired) electrons. The number of fused-ring (bicyclic) bond motifs is 1. The van der Waals surface area contributed by atoms with Crippen LogP contribution in [-0.4, -0.2) is 52.2 Å². The van der Waals surface area contributed by atoms with Gasteiger partial charge in [-0.05, 0) is 43.6 Å². The van der Waals surface area contributed by atoms with E-state index in [1.165, 1.54) is 25.7 Å². The summed E-state index contributed by atoms with van der Waals surface area (Å²) in [7, 11) is 0. The molecule has 0 atom stereocenters. The number of rotatable bonds is 3. The molecule has 3 aliphatic rings. The number of nitrogens with zero attached hydrogens (tertiary/aromatic N) is 7. The van der Waals surface area contributed by atoms with Crippen molar-refractivity contribution in [1.29, 1.82) is 0 Å². The first-order chi connectivity index (χ1) is 15.1. The molecule has 0 amide bonds. The summed E-state index contributed by atoms with van der Waals surface area (Å²) in [5, 5.41) is 0. The smallest absolute Gasteiger partial charge is 0.250 e. The zero-order valence-corrected chi connectivity index (χ0v) is 18.7. The second-order valence-corrected chi connectivity index (χ2v) is 9.50. The van der Waals surface area contributed by atoms with Gasteiger partial charge in [-0.3, -0.25) is 4.79 Å². The summed E-state index contributed by atoms with van der Waals surface area (Å²) in [5.74, 6) is 3.87. The third-order valence-electron chi connectivity index (χ3n) is 7.10. The van der Waals surface area contributed by atoms with Gasteiger partial charge in [0.25, 0.3) is 5.56 Å². The number of piperidine rings is 2. The quantitative estimate of drug-likeness (QED) is 0.751. The number of hydrogen-bond acceptors (Lipinski definition) is 7. The highest BCUT2D eigenvalue weighted by Crippen LogP contribution is 2.27. The van der Waals surface area contributed by atoms with E-state index < -0.39 is 0 Å². The van der Waals surface area contributed by atoms with Crippen molar-refractivity contribution >= 4 is 17.8 Å². The van der Waals surface area contributed by atoms with Crippen molar-refractivity contribution in [3.63, 3.8) is 0 Å². The van der Waals surface area contributed by atoms with E-state index in [4.69, 9.17) is 15.0 Å². The van der Waals surface area contributed by atoms with E-state index in [9.17, 15) is 4.79 Å². The van der Waals surface area contributed by atoms with Gasteiger partial charge in [0.1, 0.15) is 0 Å². The molecule has 0 aliphatic carbocycles. The summed E-state index contributed by atoms with van der Waals surface area (Å²) in [5.41, 5.74) is 1.08. The summed E-state index contributed by atoms with van der Waals surface area (Å²) in [6, 6.07) is 5.49. The largest absolute Gasteiger partial charge is 0.341 e. The van der Waals surface area contributed by atoms with E-state index >= 15 is 0 Å². The fourth-order valence-corrected chi connectivity index (χ4v) is 4.81. The Labute approximate surface area is 183 Å². The van der Waals surface area contributed by atoms with Crippen LogP contribution in [0.4, 0.5) is 17.8 Å². The molecule has 0 N–H and O–H groups in total. The van der Waals surface area contributed by atoms with E-state index in [2.05, 4.69) is 28.5 Å². The van der Waals surface area contributed by atoms with Gasteiger partial charge in [-0.15, -0.1) is 0 Å². The second kappa shape index (κ2) is 8.48. The van der Waals surface area contributed by atoms with E-state index in [0.717, 1.165) is 68.1 Å². The molecule has 0 unspecified atom stereocenters. The van der Waals surface area contributed by atoms with Crippen LogP contribution in [0.3, 0.4) is 0 Å². The van der Waals surface area contributed by atoms with Crippen LogP contribution in [0.15, 0.2) is 23.0 Å². The highest BCUT2D eigenvalue weighted by atomic mass is 16.1. The van der Waals surface area contributed by atoms with Crippen molar-refractivity contribution in [3.05, 3.63) is 34.2 Å². The van der Waals surface area contributed by atoms with E-state index in [1.807, 2.05) is 16.7 Å². The first kappa shape index (κ1) is 20.3. The summed E-state index contributed by atoms with van der Waals surface area (Å²) in [6.07, 6.45) is 4.71. The molecule has 2 aromatic heterocycles. The van der Waals surface area contributed by atoms with Gasteiger partial charge < -0.3 is 19.3 Å². The Bertz CT molecular complexity index is 934. The molecule has 0 spiro atoms. The molecule has 0 aromatic carbocycles. The minimum atomic E-state index is 0.0686. The average molecular weight is 424 g/mol. The van der Waals surface area contributed by atoms with Crippen LogP contribution in [0.25, 0.3) is 0 Å². The molecular formula is C23H33N7O. The highest BCUT2D eigenvalue weighted by Gasteiger charge is 2.26. The monoisotopic (exact) mass is 423 g/mol. The third-order valence-corrected chi connectivity index (χ3v) is 7.10. The Hall–Kier alpha value is -2.64. The van der Waals surface area contributed by atoms with Crippen molar-refractivity contribution in [2.24, 2.45) is 11.8 Å². The summed E-state index contributed by atoms with van der Waals surface area (Å²) in [4.78, 5) is 33.8. The summed E-state index contributed by atoms with van der Waals surface area (Å²) >= 11 is 0. The van der Waals surface area contributed by atoms with E-state index in [0.29, 0.717) is 13.1 Å². The zero-order valence-electron chi connectivity index (χ0n) is 18.7. The molecule has 8 nitrogen and oxygen atoms in total. The topological polar surface area (TPSA) is 70.4 Å². The maximum absolute atomic E-state index is 12.2. The molecule has 2 aromatic rings. The molecule has 2 fully saturated rings. The lowest BCUT2D eigenvalue weighted by atomic mass is 9.99. The maximum atomic E-state index is 12.2. The van der Waals surface area contributed by atoms with Crippen molar-refractivity contribution in [2.75, 3.05) is 47.4 Å². The predicted octanol–water partition coefficient (Wildman–Crippen LogP) is 2.53. The van der Waals surface area contributed by atoms with Crippen LogP contribution >= 0.6 is 0 Å². The van der Waals surface area contributed by atoms with Crippen molar-refractivity contribution in [1.82, 2.24) is 19.5 Å². The maximum Gasteiger partial charge on any atom is 0.250 e. The van der Waals surface area contributed by atoms with Crippen LogP contribution in [-0.2, 0) is 13.1 Å². The van der Waals surface area contributed by atoms with Crippen LogP contribution in [0.1, 0.15) is 45.2 Å². The van der Waals surface area contributed by atoms with Gasteiger partial charge in [0.2, 0.25) is 17.8 Å². The Balaban J connectivity index is 1.46. The normalized spacial score (nSPS) is 20.8.